The number of fused-ring (bicyclic) bond motifs is 8. The standard InChI is InChI=1S/C42H35N.2C6H5.Bi.H/c1-41(2,3)29-12-10-11-27(23-29)32-19-15-26-16-21-34-39-28(17-20-33(32)38(26)39)24-37-40(34)35-25-30(42(4,5)6)18-22-36(35)43(37)31-13-8-7-9-14-31;2*1-2-4-6-5-3-1;;/h7-10,12-18,20-25H,1-6H3;2*1-5H;;. The average molecular weight is 918 g/mol. The third kappa shape index (κ3) is 4.63. The van der Waals surface area contributed by atoms with Crippen LogP contribution in [0.2, 0.25) is 0 Å². The molecule has 0 saturated carbocycles. The summed E-state index contributed by atoms with van der Waals surface area (Å²) in [4.78, 5) is 0. The van der Waals surface area contributed by atoms with Gasteiger partial charge < -0.3 is 0 Å². The van der Waals surface area contributed by atoms with Crippen LogP contribution in [-0.4, -0.2) is 24.8 Å². The SMILES string of the molecule is CC(C)(C)c1cc[c]2c(c1)-c1[c](cc3ccc4c5c(ccc1c35)cc1c4c3cc(C(C)(C)C)ccc3n1-c1ccccc1)[BiH]2([c]1ccccc1)[c]1ccccc1. The molecule has 1 aliphatic rings. The normalized spacial score (nSPS) is 14.6. The second-order valence-corrected chi connectivity index (χ2v) is 32.6. The second kappa shape index (κ2) is 11.9. The molecule has 9 aromatic carbocycles. The van der Waals surface area contributed by atoms with Gasteiger partial charge in [-0.2, -0.15) is 0 Å². The topological polar surface area (TPSA) is 4.93 Å². The second-order valence-electron chi connectivity index (χ2n) is 18.1. The maximum absolute atomic E-state index is 4.03. The zero-order valence-corrected chi connectivity index (χ0v) is 36.9. The first-order valence-electron chi connectivity index (χ1n) is 20.1. The Hall–Kier alpha value is -5.30. The van der Waals surface area contributed by atoms with Gasteiger partial charge in [0.05, 0.1) is 0 Å². The van der Waals surface area contributed by atoms with Crippen LogP contribution in [0.1, 0.15) is 52.7 Å². The maximum atomic E-state index is 2.64. The third-order valence-corrected chi connectivity index (χ3v) is 31.7. The Morgan fingerprint density at radius 2 is 0.964 bits per heavy atom. The van der Waals surface area contributed by atoms with Crippen LogP contribution < -0.4 is 13.1 Å². The molecule has 10 aromatic rings. The Labute approximate surface area is 334 Å². The van der Waals surface area contributed by atoms with Gasteiger partial charge in [0.15, 0.2) is 0 Å². The van der Waals surface area contributed by atoms with Crippen LogP contribution in [0.3, 0.4) is 0 Å². The molecule has 0 bridgehead atoms. The molecule has 0 saturated heterocycles. The summed E-state index contributed by atoms with van der Waals surface area (Å²) in [5.41, 5.74) is 9.44. The number of benzene rings is 9. The van der Waals surface area contributed by atoms with E-state index in [0.717, 1.165) is 0 Å². The molecule has 1 aliphatic heterocycles. The van der Waals surface area contributed by atoms with Crippen LogP contribution in [0.4, 0.5) is 0 Å². The van der Waals surface area contributed by atoms with E-state index in [-0.39, 0.29) is 10.8 Å². The van der Waals surface area contributed by atoms with Gasteiger partial charge in [-0.3, -0.25) is 0 Å². The van der Waals surface area contributed by atoms with Gasteiger partial charge in [0.1, 0.15) is 0 Å². The van der Waals surface area contributed by atoms with Gasteiger partial charge in [0, 0.05) is 0 Å². The Morgan fingerprint density at radius 3 is 1.61 bits per heavy atom. The number of nitrogens with zero attached hydrogens (tertiary/aromatic N) is 1. The van der Waals surface area contributed by atoms with Crippen LogP contribution in [0.25, 0.3) is 70.9 Å². The van der Waals surface area contributed by atoms with E-state index in [1.807, 2.05) is 0 Å². The van der Waals surface area contributed by atoms with E-state index >= 15 is 0 Å². The van der Waals surface area contributed by atoms with E-state index < -0.39 is 20.3 Å². The molecule has 0 aliphatic carbocycles. The summed E-state index contributed by atoms with van der Waals surface area (Å²) in [5, 5.41) is 10.8. The number of rotatable bonds is 3. The van der Waals surface area contributed by atoms with Gasteiger partial charge in [-0.1, -0.05) is 6.07 Å². The molecule has 272 valence electrons. The van der Waals surface area contributed by atoms with Crippen molar-refractivity contribution in [1.82, 2.24) is 4.57 Å². The number of hydrogen-bond acceptors (Lipinski definition) is 0. The monoisotopic (exact) mass is 917 g/mol. The van der Waals surface area contributed by atoms with E-state index in [1.54, 1.807) is 6.54 Å². The van der Waals surface area contributed by atoms with Crippen molar-refractivity contribution >= 4 is 87.5 Å². The number of hydrogen-bond donors (Lipinski definition) is 0. The van der Waals surface area contributed by atoms with Gasteiger partial charge in [0.25, 0.3) is 0 Å². The van der Waals surface area contributed by atoms with Crippen LogP contribution in [-0.2, 0) is 10.8 Å². The fraction of sp³-hybridized carbons (Fsp3) is 0.148. The van der Waals surface area contributed by atoms with Crippen LogP contribution in [0, 0.1) is 0 Å². The molecule has 2 heteroatoms. The fourth-order valence-corrected chi connectivity index (χ4v) is 30.4. The summed E-state index contributed by atoms with van der Waals surface area (Å²) in [5.74, 6) is 0. The Morgan fingerprint density at radius 1 is 0.411 bits per heavy atom. The molecule has 0 atom stereocenters. The van der Waals surface area contributed by atoms with E-state index in [1.165, 1.54) is 88.6 Å². The molecule has 0 fully saturated rings. The van der Waals surface area contributed by atoms with Gasteiger partial charge in [0.2, 0.25) is 0 Å². The molecule has 0 radical (unpaired) electrons. The number of aromatic nitrogens is 1. The summed E-state index contributed by atoms with van der Waals surface area (Å²) in [6, 6.07) is 63.6. The van der Waals surface area contributed by atoms with Gasteiger partial charge in [-0.05, 0) is 0 Å². The number of para-hydroxylation sites is 1. The van der Waals surface area contributed by atoms with Crippen molar-refractivity contribution in [3.63, 3.8) is 0 Å². The molecule has 0 spiro atoms. The summed E-state index contributed by atoms with van der Waals surface area (Å²) in [7, 11) is 0. The summed E-state index contributed by atoms with van der Waals surface area (Å²) >= 11 is -4.03. The minimum atomic E-state index is -4.03. The Kier molecular flexibility index (Phi) is 7.20. The van der Waals surface area contributed by atoms with Crippen LogP contribution >= 0.6 is 0 Å². The molecule has 2 heterocycles. The van der Waals surface area contributed by atoms with Crippen molar-refractivity contribution in [2.75, 3.05) is 0 Å². The van der Waals surface area contributed by atoms with Crippen molar-refractivity contribution in [2.24, 2.45) is 0 Å². The molecular formula is C54H46BiN. The quantitative estimate of drug-likeness (QED) is 0.123. The molecule has 0 N–H and O–H groups in total. The predicted molar refractivity (Wildman–Crippen MR) is 246 cm³/mol. The molecule has 1 nitrogen and oxygen atoms in total. The molecule has 1 aromatic heterocycles. The molecule has 0 unspecified atom stereocenters. The minimum absolute atomic E-state index is 0.0328. The first kappa shape index (κ1) is 34.0. The molecule has 11 rings (SSSR count). The first-order valence-corrected chi connectivity index (χ1v) is 27.9. The van der Waals surface area contributed by atoms with Crippen molar-refractivity contribution < 1.29 is 0 Å². The molecule has 56 heavy (non-hydrogen) atoms. The van der Waals surface area contributed by atoms with Gasteiger partial charge >= 0.3 is 330 Å². The molecule has 0 amide bonds. The van der Waals surface area contributed by atoms with Gasteiger partial charge in [-0.15, -0.1) is 0 Å². The van der Waals surface area contributed by atoms with E-state index in [4.69, 9.17) is 0 Å². The van der Waals surface area contributed by atoms with Crippen molar-refractivity contribution in [1.29, 1.82) is 0 Å². The van der Waals surface area contributed by atoms with Crippen molar-refractivity contribution in [3.8, 4) is 16.8 Å². The van der Waals surface area contributed by atoms with Crippen LogP contribution in [0.5, 0.6) is 0 Å². The third-order valence-electron chi connectivity index (χ3n) is 12.9. The van der Waals surface area contributed by atoms with E-state index in [9.17, 15) is 0 Å². The fourth-order valence-electron chi connectivity index (χ4n) is 10.2. The summed E-state index contributed by atoms with van der Waals surface area (Å²) in [6.45, 7) is 14.0. The zero-order chi connectivity index (χ0) is 38.1. The van der Waals surface area contributed by atoms with Crippen molar-refractivity contribution in [3.05, 3.63) is 175 Å². The summed E-state index contributed by atoms with van der Waals surface area (Å²) < 4.78 is 8.69. The predicted octanol–water partition coefficient (Wildman–Crippen LogP) is 11.4. The van der Waals surface area contributed by atoms with E-state index in [0.29, 0.717) is 0 Å². The summed E-state index contributed by atoms with van der Waals surface area (Å²) in [6.07, 6.45) is 0. The Bertz CT molecular complexity index is 3140. The average Bonchev–Trinajstić information content (AvgIpc) is 3.69. The van der Waals surface area contributed by atoms with Crippen molar-refractivity contribution in [2.45, 2.75) is 52.4 Å². The Balaban J connectivity index is 1.32. The first-order chi connectivity index (χ1) is 27.0. The van der Waals surface area contributed by atoms with Gasteiger partial charge in [-0.25, -0.2) is 0 Å². The van der Waals surface area contributed by atoms with Crippen LogP contribution in [0.15, 0.2) is 164 Å². The van der Waals surface area contributed by atoms with E-state index in [2.05, 4.69) is 210 Å². The zero-order valence-electron chi connectivity index (χ0n) is 33.0. The molecular weight excluding hydrogens is 872 g/mol.